The van der Waals surface area contributed by atoms with Crippen LogP contribution in [0.2, 0.25) is 0 Å². The molecule has 2 nitrogen and oxygen atoms in total. The second-order valence-electron chi connectivity index (χ2n) is 3.47. The minimum absolute atomic E-state index is 0.161. The molecule has 0 rings (SSSR count). The lowest BCUT2D eigenvalue weighted by atomic mass is 10.2. The molecule has 0 spiro atoms. The molecule has 0 fully saturated rings. The minimum atomic E-state index is 0.161. The van der Waals surface area contributed by atoms with Crippen LogP contribution in [0.3, 0.4) is 0 Å². The first-order valence-electron chi connectivity index (χ1n) is 5.44. The van der Waals surface area contributed by atoms with Gasteiger partial charge in [0.2, 0.25) is 0 Å². The molecule has 1 unspecified atom stereocenters. The van der Waals surface area contributed by atoms with Crippen LogP contribution in [0.5, 0.6) is 0 Å². The number of nitrogens with zero attached hydrogens (tertiary/aromatic N) is 2. The summed E-state index contributed by atoms with van der Waals surface area (Å²) >= 11 is 1.99. The molecule has 0 aliphatic rings. The van der Waals surface area contributed by atoms with Gasteiger partial charge in [-0.2, -0.15) is 17.0 Å². The van der Waals surface area contributed by atoms with E-state index in [9.17, 15) is 0 Å². The van der Waals surface area contributed by atoms with Crippen molar-refractivity contribution in [3.8, 4) is 6.07 Å². The highest BCUT2D eigenvalue weighted by atomic mass is 32.2. The van der Waals surface area contributed by atoms with Gasteiger partial charge in [0.05, 0.1) is 12.0 Å². The van der Waals surface area contributed by atoms with Crippen molar-refractivity contribution in [3.63, 3.8) is 0 Å². The summed E-state index contributed by atoms with van der Waals surface area (Å²) in [5.74, 6) is 2.61. The first kappa shape index (κ1) is 13.8. The van der Waals surface area contributed by atoms with Crippen LogP contribution in [0.15, 0.2) is 0 Å². The number of nitriles is 1. The van der Waals surface area contributed by atoms with Gasteiger partial charge in [-0.3, -0.25) is 0 Å². The molecule has 0 amide bonds. The zero-order chi connectivity index (χ0) is 10.8. The summed E-state index contributed by atoms with van der Waals surface area (Å²) in [7, 11) is 0. The van der Waals surface area contributed by atoms with Gasteiger partial charge in [-0.1, -0.05) is 13.8 Å². The van der Waals surface area contributed by atoms with Crippen LogP contribution in [-0.2, 0) is 0 Å². The maximum atomic E-state index is 8.71. The third kappa shape index (κ3) is 7.23. The highest BCUT2D eigenvalue weighted by molar-refractivity contribution is 7.99. The monoisotopic (exact) mass is 214 g/mol. The Morgan fingerprint density at radius 2 is 2.14 bits per heavy atom. The molecule has 0 bridgehead atoms. The van der Waals surface area contributed by atoms with E-state index in [1.165, 1.54) is 17.9 Å². The van der Waals surface area contributed by atoms with E-state index in [2.05, 4.69) is 24.8 Å². The Morgan fingerprint density at radius 3 is 2.64 bits per heavy atom. The van der Waals surface area contributed by atoms with Crippen molar-refractivity contribution >= 4 is 11.8 Å². The number of hydrogen-bond donors (Lipinski definition) is 0. The highest BCUT2D eigenvalue weighted by Gasteiger charge is 2.06. The van der Waals surface area contributed by atoms with E-state index >= 15 is 0 Å². The predicted molar refractivity (Wildman–Crippen MR) is 64.5 cm³/mol. The van der Waals surface area contributed by atoms with E-state index in [0.29, 0.717) is 0 Å². The minimum Gasteiger partial charge on any atom is -0.302 e. The third-order valence-corrected chi connectivity index (χ3v) is 3.15. The Balaban J connectivity index is 3.54. The fourth-order valence-electron chi connectivity index (χ4n) is 1.34. The van der Waals surface area contributed by atoms with Gasteiger partial charge in [0.1, 0.15) is 0 Å². The second kappa shape index (κ2) is 9.36. The molecule has 14 heavy (non-hydrogen) atoms. The van der Waals surface area contributed by atoms with Crippen LogP contribution in [-0.4, -0.2) is 36.0 Å². The lowest BCUT2D eigenvalue weighted by molar-refractivity contribution is 0.270. The zero-order valence-electron chi connectivity index (χ0n) is 9.62. The van der Waals surface area contributed by atoms with Crippen LogP contribution >= 0.6 is 11.8 Å². The maximum Gasteiger partial charge on any atom is 0.0666 e. The smallest absolute Gasteiger partial charge is 0.0666 e. The van der Waals surface area contributed by atoms with E-state index in [4.69, 9.17) is 5.26 Å². The van der Waals surface area contributed by atoms with Crippen molar-refractivity contribution in [2.24, 2.45) is 5.92 Å². The molecule has 0 heterocycles. The summed E-state index contributed by atoms with van der Waals surface area (Å²) in [5.41, 5.74) is 0. The summed E-state index contributed by atoms with van der Waals surface area (Å²) in [4.78, 5) is 2.37. The van der Waals surface area contributed by atoms with E-state index in [-0.39, 0.29) is 5.92 Å². The van der Waals surface area contributed by atoms with Gasteiger partial charge in [0.25, 0.3) is 0 Å². The summed E-state index contributed by atoms with van der Waals surface area (Å²) in [5, 5.41) is 8.71. The number of rotatable bonds is 8. The van der Waals surface area contributed by atoms with Crippen molar-refractivity contribution in [3.05, 3.63) is 0 Å². The Labute approximate surface area is 92.7 Å². The van der Waals surface area contributed by atoms with E-state index in [0.717, 1.165) is 19.6 Å². The van der Waals surface area contributed by atoms with Crippen LogP contribution in [0.1, 0.15) is 27.2 Å². The van der Waals surface area contributed by atoms with Gasteiger partial charge in [0.15, 0.2) is 0 Å². The molecule has 0 saturated carbocycles. The molecule has 1 atom stereocenters. The molecule has 0 aromatic rings. The number of thioether (sulfide) groups is 1. The average Bonchev–Trinajstić information content (AvgIpc) is 2.22. The fraction of sp³-hybridized carbons (Fsp3) is 0.909. The van der Waals surface area contributed by atoms with Gasteiger partial charge in [-0.05, 0) is 37.9 Å². The lowest BCUT2D eigenvalue weighted by Gasteiger charge is -2.21. The summed E-state index contributed by atoms with van der Waals surface area (Å²) in [6, 6.07) is 2.28. The molecule has 0 aliphatic carbocycles. The molecule has 0 saturated heterocycles. The van der Waals surface area contributed by atoms with Gasteiger partial charge >= 0.3 is 0 Å². The molecule has 0 aromatic carbocycles. The van der Waals surface area contributed by atoms with Gasteiger partial charge in [-0.25, -0.2) is 0 Å². The second-order valence-corrected chi connectivity index (χ2v) is 4.87. The molecule has 0 radical (unpaired) electrons. The molecule has 0 aliphatic heterocycles. The Hall–Kier alpha value is -0.200. The quantitative estimate of drug-likeness (QED) is 0.581. The Morgan fingerprint density at radius 1 is 1.43 bits per heavy atom. The van der Waals surface area contributed by atoms with E-state index in [1.54, 1.807) is 0 Å². The Kier molecular flexibility index (Phi) is 9.23. The molecule has 3 heteroatoms. The normalized spacial score (nSPS) is 12.8. The standard InChI is InChI=1S/C11H22N2S/c1-4-13(10-11(3)9-12)7-6-8-14-5-2/h11H,4-8,10H2,1-3H3. The van der Waals surface area contributed by atoms with Crippen LogP contribution in [0.4, 0.5) is 0 Å². The van der Waals surface area contributed by atoms with E-state index in [1.807, 2.05) is 18.7 Å². The van der Waals surface area contributed by atoms with Crippen molar-refractivity contribution in [1.82, 2.24) is 4.90 Å². The lowest BCUT2D eigenvalue weighted by Crippen LogP contribution is -2.29. The highest BCUT2D eigenvalue weighted by Crippen LogP contribution is 2.04. The zero-order valence-corrected chi connectivity index (χ0v) is 10.4. The van der Waals surface area contributed by atoms with Crippen LogP contribution < -0.4 is 0 Å². The molecular weight excluding hydrogens is 192 g/mol. The van der Waals surface area contributed by atoms with E-state index < -0.39 is 0 Å². The third-order valence-electron chi connectivity index (χ3n) is 2.17. The predicted octanol–water partition coefficient (Wildman–Crippen LogP) is 2.61. The molecule has 82 valence electrons. The fourth-order valence-corrected chi connectivity index (χ4v) is 1.96. The van der Waals surface area contributed by atoms with Gasteiger partial charge in [0, 0.05) is 6.54 Å². The largest absolute Gasteiger partial charge is 0.302 e. The SMILES string of the molecule is CCSCCCN(CC)CC(C)C#N. The first-order chi connectivity index (χ1) is 6.74. The van der Waals surface area contributed by atoms with Crippen molar-refractivity contribution in [2.75, 3.05) is 31.1 Å². The maximum absolute atomic E-state index is 8.71. The van der Waals surface area contributed by atoms with Gasteiger partial charge < -0.3 is 4.90 Å². The summed E-state index contributed by atoms with van der Waals surface area (Å²) in [6.45, 7) is 9.46. The van der Waals surface area contributed by atoms with Crippen LogP contribution in [0.25, 0.3) is 0 Å². The van der Waals surface area contributed by atoms with Gasteiger partial charge in [-0.15, -0.1) is 0 Å². The van der Waals surface area contributed by atoms with Crippen molar-refractivity contribution in [2.45, 2.75) is 27.2 Å². The summed E-state index contributed by atoms with van der Waals surface area (Å²) < 4.78 is 0. The molecule has 0 aromatic heterocycles. The van der Waals surface area contributed by atoms with Crippen LogP contribution in [0, 0.1) is 17.2 Å². The molecule has 0 N–H and O–H groups in total. The molecular formula is C11H22N2S. The average molecular weight is 214 g/mol. The summed E-state index contributed by atoms with van der Waals surface area (Å²) in [6.07, 6.45) is 1.24. The first-order valence-corrected chi connectivity index (χ1v) is 6.59. The number of hydrogen-bond acceptors (Lipinski definition) is 3. The Bertz CT molecular complexity index is 165. The topological polar surface area (TPSA) is 27.0 Å². The van der Waals surface area contributed by atoms with Crippen molar-refractivity contribution in [1.29, 1.82) is 5.26 Å². The van der Waals surface area contributed by atoms with Crippen molar-refractivity contribution < 1.29 is 0 Å².